The van der Waals surface area contributed by atoms with Crippen molar-refractivity contribution in [3.05, 3.63) is 81.4 Å². The minimum absolute atomic E-state index is 0.167. The first-order valence-corrected chi connectivity index (χ1v) is 9.69. The highest BCUT2D eigenvalue weighted by molar-refractivity contribution is 7.71. The molecule has 1 aliphatic heterocycles. The molecule has 0 saturated carbocycles. The van der Waals surface area contributed by atoms with E-state index in [9.17, 15) is 9.90 Å². The van der Waals surface area contributed by atoms with Crippen molar-refractivity contribution in [1.29, 1.82) is 0 Å². The van der Waals surface area contributed by atoms with Gasteiger partial charge in [-0.25, -0.2) is 4.79 Å². The first-order valence-electron chi connectivity index (χ1n) is 9.28. The van der Waals surface area contributed by atoms with Crippen molar-refractivity contribution in [1.82, 2.24) is 14.1 Å². The molecular formula is C22H19N3O3S. The molecule has 4 aromatic rings. The van der Waals surface area contributed by atoms with Gasteiger partial charge < -0.3 is 19.4 Å². The summed E-state index contributed by atoms with van der Waals surface area (Å²) in [7, 11) is 3.13. The van der Waals surface area contributed by atoms with Gasteiger partial charge in [0.25, 0.3) is 0 Å². The molecule has 0 spiro atoms. The summed E-state index contributed by atoms with van der Waals surface area (Å²) in [5.41, 5.74) is 5.31. The van der Waals surface area contributed by atoms with Crippen molar-refractivity contribution in [3.63, 3.8) is 0 Å². The van der Waals surface area contributed by atoms with Crippen LogP contribution in [0, 0.1) is 4.77 Å². The average molecular weight is 405 g/mol. The first kappa shape index (κ1) is 17.8. The average Bonchev–Trinajstić information content (AvgIpc) is 3.23. The lowest BCUT2D eigenvalue weighted by Gasteiger charge is -2.27. The molecule has 0 aliphatic carbocycles. The highest BCUT2D eigenvalue weighted by Crippen LogP contribution is 2.42. The van der Waals surface area contributed by atoms with Crippen LogP contribution in [0.4, 0.5) is 0 Å². The molecule has 2 aromatic carbocycles. The number of carbonyl (C=O) groups is 1. The maximum Gasteiger partial charge on any atom is 0.337 e. The third-order valence-corrected chi connectivity index (χ3v) is 6.18. The maximum atomic E-state index is 12.1. The molecule has 5 rings (SSSR count). The zero-order valence-corrected chi connectivity index (χ0v) is 16.8. The van der Waals surface area contributed by atoms with Gasteiger partial charge in [-0.1, -0.05) is 30.3 Å². The van der Waals surface area contributed by atoms with E-state index in [0.717, 1.165) is 33.4 Å². The van der Waals surface area contributed by atoms with E-state index in [1.165, 1.54) is 7.11 Å². The van der Waals surface area contributed by atoms with Gasteiger partial charge in [0.15, 0.2) is 4.77 Å². The number of methoxy groups -OCH3 is 1. The van der Waals surface area contributed by atoms with E-state index in [2.05, 4.69) is 11.1 Å². The summed E-state index contributed by atoms with van der Waals surface area (Å²) in [4.78, 5) is 15.7. The number of hydrogen-bond acceptors (Lipinski definition) is 4. The molecule has 0 saturated heterocycles. The van der Waals surface area contributed by atoms with Crippen LogP contribution >= 0.6 is 12.2 Å². The number of carbonyl (C=O) groups excluding carboxylic acids is 1. The molecule has 7 heteroatoms. The molecule has 29 heavy (non-hydrogen) atoms. The zero-order chi connectivity index (χ0) is 20.3. The van der Waals surface area contributed by atoms with E-state index in [4.69, 9.17) is 17.0 Å². The minimum Gasteiger partial charge on any atom is -0.493 e. The summed E-state index contributed by atoms with van der Waals surface area (Å²) in [5, 5.41) is 11.9. The Bertz CT molecular complexity index is 1350. The van der Waals surface area contributed by atoms with Gasteiger partial charge in [-0.3, -0.25) is 4.57 Å². The number of aromatic hydroxyl groups is 1. The SMILES string of the molecule is COC(=O)c1cccc([C@@H]2c3[nH]c4ccccc4c3Cc3c(O)n(C)c(=S)n32)c1. The van der Waals surface area contributed by atoms with Crippen LogP contribution in [0.2, 0.25) is 0 Å². The van der Waals surface area contributed by atoms with Crippen LogP contribution in [0.3, 0.4) is 0 Å². The van der Waals surface area contributed by atoms with Gasteiger partial charge in [-0.15, -0.1) is 0 Å². The Hall–Kier alpha value is -3.32. The second-order valence-electron chi connectivity index (χ2n) is 7.24. The Morgan fingerprint density at radius 3 is 2.83 bits per heavy atom. The summed E-state index contributed by atoms with van der Waals surface area (Å²) in [6.07, 6.45) is 0.572. The smallest absolute Gasteiger partial charge is 0.337 e. The van der Waals surface area contributed by atoms with Crippen molar-refractivity contribution in [3.8, 4) is 5.88 Å². The topological polar surface area (TPSA) is 72.2 Å². The normalized spacial score (nSPS) is 15.2. The quantitative estimate of drug-likeness (QED) is 0.343. The number of esters is 1. The highest BCUT2D eigenvalue weighted by Gasteiger charge is 2.34. The number of aromatic amines is 1. The minimum atomic E-state index is -0.390. The molecule has 1 aliphatic rings. The standard InChI is InChI=1S/C22H19N3O3S/c1-24-20(26)17-11-15-14-8-3-4-9-16(14)23-18(15)19(25(17)22(24)29)12-6-5-7-13(10-12)21(27)28-2/h3-10,19,23,26H,11H2,1-2H3/t19-/m1/s1. The fourth-order valence-corrected chi connectivity index (χ4v) is 4.61. The second kappa shape index (κ2) is 6.35. The molecule has 2 aromatic heterocycles. The number of nitrogens with zero attached hydrogens (tertiary/aromatic N) is 2. The van der Waals surface area contributed by atoms with E-state index in [0.29, 0.717) is 16.8 Å². The van der Waals surface area contributed by atoms with Crippen LogP contribution in [-0.2, 0) is 18.2 Å². The van der Waals surface area contributed by atoms with E-state index in [-0.39, 0.29) is 17.9 Å². The molecule has 0 amide bonds. The van der Waals surface area contributed by atoms with Gasteiger partial charge in [-0.2, -0.15) is 0 Å². The molecular weight excluding hydrogens is 386 g/mol. The van der Waals surface area contributed by atoms with Gasteiger partial charge in [0.2, 0.25) is 5.88 Å². The summed E-state index contributed by atoms with van der Waals surface area (Å²) in [6.45, 7) is 0. The van der Waals surface area contributed by atoms with Crippen molar-refractivity contribution < 1.29 is 14.6 Å². The Morgan fingerprint density at radius 1 is 1.24 bits per heavy atom. The largest absolute Gasteiger partial charge is 0.493 e. The number of hydrogen-bond donors (Lipinski definition) is 2. The number of para-hydroxylation sites is 1. The predicted molar refractivity (Wildman–Crippen MR) is 112 cm³/mol. The van der Waals surface area contributed by atoms with Gasteiger partial charge in [0.1, 0.15) is 6.04 Å². The number of aromatic nitrogens is 3. The van der Waals surface area contributed by atoms with Crippen molar-refractivity contribution >= 4 is 29.1 Å². The molecule has 6 nitrogen and oxygen atoms in total. The number of benzene rings is 2. The van der Waals surface area contributed by atoms with Crippen LogP contribution in [0.5, 0.6) is 5.88 Å². The maximum absolute atomic E-state index is 12.1. The van der Waals surface area contributed by atoms with Gasteiger partial charge in [-0.05, 0) is 41.5 Å². The predicted octanol–water partition coefficient (Wildman–Crippen LogP) is 4.07. The van der Waals surface area contributed by atoms with Crippen LogP contribution in [-0.4, -0.2) is 32.3 Å². The molecule has 1 atom stereocenters. The van der Waals surface area contributed by atoms with E-state index in [1.807, 2.05) is 41.0 Å². The zero-order valence-electron chi connectivity index (χ0n) is 16.0. The Labute approximate surface area is 172 Å². The van der Waals surface area contributed by atoms with Crippen molar-refractivity contribution in [2.24, 2.45) is 7.05 Å². The van der Waals surface area contributed by atoms with Crippen molar-refractivity contribution in [2.75, 3.05) is 7.11 Å². The first-order chi connectivity index (χ1) is 14.0. The molecule has 0 unspecified atom stereocenters. The molecule has 0 fully saturated rings. The lowest BCUT2D eigenvalue weighted by atomic mass is 9.92. The number of H-pyrrole nitrogens is 1. The van der Waals surface area contributed by atoms with Crippen LogP contribution in [0.25, 0.3) is 10.9 Å². The summed E-state index contributed by atoms with van der Waals surface area (Å²) < 4.78 is 9.01. The number of imidazole rings is 1. The summed E-state index contributed by atoms with van der Waals surface area (Å²) in [5.74, 6) is -0.223. The third-order valence-electron chi connectivity index (χ3n) is 5.71. The number of fused-ring (bicyclic) bond motifs is 4. The summed E-state index contributed by atoms with van der Waals surface area (Å²) in [6, 6.07) is 15.2. The van der Waals surface area contributed by atoms with Crippen LogP contribution < -0.4 is 0 Å². The fourth-order valence-electron chi connectivity index (χ4n) is 4.31. The highest BCUT2D eigenvalue weighted by atomic mass is 32.1. The fraction of sp³-hybridized carbons (Fsp3) is 0.182. The van der Waals surface area contributed by atoms with Gasteiger partial charge >= 0.3 is 5.97 Å². The molecule has 146 valence electrons. The monoisotopic (exact) mass is 405 g/mol. The second-order valence-corrected chi connectivity index (χ2v) is 7.61. The Morgan fingerprint density at radius 2 is 2.03 bits per heavy atom. The summed E-state index contributed by atoms with van der Waals surface area (Å²) >= 11 is 5.66. The Balaban J connectivity index is 1.83. The van der Waals surface area contributed by atoms with Crippen LogP contribution in [0.15, 0.2) is 48.5 Å². The van der Waals surface area contributed by atoms with Gasteiger partial charge in [0.05, 0.1) is 18.4 Å². The lowest BCUT2D eigenvalue weighted by Crippen LogP contribution is -2.22. The third kappa shape index (κ3) is 2.47. The van der Waals surface area contributed by atoms with E-state index < -0.39 is 0 Å². The van der Waals surface area contributed by atoms with Gasteiger partial charge in [0, 0.05) is 30.1 Å². The molecule has 0 radical (unpaired) electrons. The number of ether oxygens (including phenoxy) is 1. The number of nitrogens with one attached hydrogen (secondary N) is 1. The Kier molecular flexibility index (Phi) is 3.89. The van der Waals surface area contributed by atoms with Crippen molar-refractivity contribution in [2.45, 2.75) is 12.5 Å². The van der Waals surface area contributed by atoms with E-state index in [1.54, 1.807) is 17.7 Å². The molecule has 3 heterocycles. The van der Waals surface area contributed by atoms with E-state index >= 15 is 0 Å². The lowest BCUT2D eigenvalue weighted by molar-refractivity contribution is 0.0600. The molecule has 2 N–H and O–H groups in total. The molecule has 0 bridgehead atoms. The number of rotatable bonds is 2. The van der Waals surface area contributed by atoms with Crippen LogP contribution in [0.1, 0.15) is 38.9 Å².